The number of halogens is 2. The summed E-state index contributed by atoms with van der Waals surface area (Å²) in [5.41, 5.74) is 0.365. The van der Waals surface area contributed by atoms with Crippen LogP contribution in [0, 0.1) is 11.2 Å². The number of amides is 1. The second kappa shape index (κ2) is 5.61. The summed E-state index contributed by atoms with van der Waals surface area (Å²) in [5, 5.41) is 2.96. The van der Waals surface area contributed by atoms with Gasteiger partial charge >= 0.3 is 0 Å². The molecule has 0 aliphatic heterocycles. The predicted molar refractivity (Wildman–Crippen MR) is 77.6 cm³/mol. The van der Waals surface area contributed by atoms with Crippen LogP contribution in [0.4, 0.5) is 4.39 Å². The summed E-state index contributed by atoms with van der Waals surface area (Å²) in [5.74, 6) is -0.809. The van der Waals surface area contributed by atoms with Crippen LogP contribution in [-0.4, -0.2) is 11.9 Å². The maximum absolute atomic E-state index is 13.9. The number of benzene rings is 1. The van der Waals surface area contributed by atoms with E-state index in [2.05, 4.69) is 35.1 Å². The van der Waals surface area contributed by atoms with Crippen LogP contribution in [-0.2, 0) is 0 Å². The number of carbonyl (C=O) groups excluding carboxylic acids is 1. The van der Waals surface area contributed by atoms with Crippen molar-refractivity contribution in [2.24, 2.45) is 5.41 Å². The smallest absolute Gasteiger partial charge is 0.254 e. The van der Waals surface area contributed by atoms with Crippen molar-refractivity contribution in [3.8, 4) is 0 Å². The van der Waals surface area contributed by atoms with E-state index in [1.54, 1.807) is 12.1 Å². The zero-order chi connectivity index (χ0) is 14.0. The molecule has 19 heavy (non-hydrogen) atoms. The number of rotatable bonds is 2. The van der Waals surface area contributed by atoms with Crippen LogP contribution < -0.4 is 5.32 Å². The lowest BCUT2D eigenvalue weighted by Gasteiger charge is -2.35. The minimum Gasteiger partial charge on any atom is -0.349 e. The van der Waals surface area contributed by atoms with Crippen LogP contribution in [0.2, 0.25) is 0 Å². The maximum atomic E-state index is 13.9. The average molecular weight is 328 g/mol. The minimum absolute atomic E-state index is 0.109. The minimum atomic E-state index is -0.491. The van der Waals surface area contributed by atoms with Gasteiger partial charge in [0, 0.05) is 6.04 Å². The van der Waals surface area contributed by atoms with Crippen molar-refractivity contribution in [1.29, 1.82) is 0 Å². The van der Waals surface area contributed by atoms with Gasteiger partial charge in [-0.2, -0.15) is 0 Å². The lowest BCUT2D eigenvalue weighted by molar-refractivity contribution is 0.0898. The van der Waals surface area contributed by atoms with Gasteiger partial charge in [-0.05, 0) is 52.7 Å². The van der Waals surface area contributed by atoms with Gasteiger partial charge in [-0.3, -0.25) is 4.79 Å². The number of carbonyl (C=O) groups is 1. The highest BCUT2D eigenvalue weighted by Crippen LogP contribution is 2.35. The third-order valence-corrected chi connectivity index (χ3v) is 4.35. The summed E-state index contributed by atoms with van der Waals surface area (Å²) in [4.78, 5) is 12.1. The van der Waals surface area contributed by atoms with E-state index in [0.29, 0.717) is 4.47 Å². The predicted octanol–water partition coefficient (Wildman–Crippen LogP) is 4.29. The molecule has 0 bridgehead atoms. The molecule has 1 amide bonds. The molecule has 2 nitrogen and oxygen atoms in total. The van der Waals surface area contributed by atoms with E-state index < -0.39 is 5.82 Å². The van der Waals surface area contributed by atoms with Crippen LogP contribution in [0.5, 0.6) is 0 Å². The van der Waals surface area contributed by atoms with Gasteiger partial charge in [-0.1, -0.05) is 26.3 Å². The molecule has 1 aliphatic carbocycles. The molecular formula is C15H19BrFNO. The lowest BCUT2D eigenvalue weighted by Crippen LogP contribution is -2.40. The molecule has 0 saturated heterocycles. The molecule has 1 aliphatic rings. The van der Waals surface area contributed by atoms with Gasteiger partial charge in [0.2, 0.25) is 0 Å². The third-order valence-electron chi connectivity index (χ3n) is 3.74. The molecule has 1 fully saturated rings. The van der Waals surface area contributed by atoms with Crippen molar-refractivity contribution < 1.29 is 9.18 Å². The first-order valence-corrected chi connectivity index (χ1v) is 7.43. The zero-order valence-corrected chi connectivity index (χ0v) is 12.9. The van der Waals surface area contributed by atoms with E-state index >= 15 is 0 Å². The van der Waals surface area contributed by atoms with E-state index in [9.17, 15) is 9.18 Å². The highest BCUT2D eigenvalue weighted by Gasteiger charge is 2.29. The fourth-order valence-corrected chi connectivity index (χ4v) is 3.13. The fourth-order valence-electron chi connectivity index (χ4n) is 2.76. The summed E-state index contributed by atoms with van der Waals surface area (Å²) in [6.45, 7) is 4.43. The monoisotopic (exact) mass is 327 g/mol. The van der Waals surface area contributed by atoms with E-state index in [-0.39, 0.29) is 22.9 Å². The summed E-state index contributed by atoms with van der Waals surface area (Å²) < 4.78 is 14.2. The Morgan fingerprint density at radius 1 is 1.47 bits per heavy atom. The van der Waals surface area contributed by atoms with E-state index in [1.165, 1.54) is 12.5 Å². The van der Waals surface area contributed by atoms with E-state index in [0.717, 1.165) is 19.3 Å². The van der Waals surface area contributed by atoms with Gasteiger partial charge < -0.3 is 5.32 Å². The lowest BCUT2D eigenvalue weighted by atomic mass is 9.75. The van der Waals surface area contributed by atoms with Crippen LogP contribution in [0.1, 0.15) is 49.9 Å². The summed E-state index contributed by atoms with van der Waals surface area (Å²) in [6.07, 6.45) is 4.22. The van der Waals surface area contributed by atoms with Crippen molar-refractivity contribution in [2.45, 2.75) is 45.6 Å². The van der Waals surface area contributed by atoms with Gasteiger partial charge in [0.15, 0.2) is 0 Å². The molecule has 1 aromatic carbocycles. The molecule has 2 rings (SSSR count). The van der Waals surface area contributed by atoms with Gasteiger partial charge in [0.1, 0.15) is 5.82 Å². The summed E-state index contributed by atoms with van der Waals surface area (Å²) >= 11 is 3.10. The summed E-state index contributed by atoms with van der Waals surface area (Å²) in [6, 6.07) is 4.93. The molecule has 0 spiro atoms. The van der Waals surface area contributed by atoms with Crippen molar-refractivity contribution in [1.82, 2.24) is 5.32 Å². The quantitative estimate of drug-likeness (QED) is 0.862. The number of hydrogen-bond donors (Lipinski definition) is 1. The molecular weight excluding hydrogens is 309 g/mol. The molecule has 1 atom stereocenters. The highest BCUT2D eigenvalue weighted by molar-refractivity contribution is 9.10. The van der Waals surface area contributed by atoms with Crippen LogP contribution in [0.3, 0.4) is 0 Å². The standard InChI is InChI=1S/C15H19BrFNO/c1-15(2)8-4-5-10(9-15)18-14(19)11-6-3-7-12(16)13(11)17/h3,6-7,10H,4-5,8-9H2,1-2H3,(H,18,19). The molecule has 0 heterocycles. The molecule has 0 radical (unpaired) electrons. The first-order valence-electron chi connectivity index (χ1n) is 6.64. The number of nitrogens with one attached hydrogen (secondary N) is 1. The molecule has 1 unspecified atom stereocenters. The SMILES string of the molecule is CC1(C)CCCC(NC(=O)c2cccc(Br)c2F)C1. The maximum Gasteiger partial charge on any atom is 0.254 e. The second-order valence-electron chi connectivity index (χ2n) is 6.03. The van der Waals surface area contributed by atoms with E-state index in [1.807, 2.05) is 0 Å². The van der Waals surface area contributed by atoms with Gasteiger partial charge in [0.25, 0.3) is 5.91 Å². The van der Waals surface area contributed by atoms with Crippen LogP contribution >= 0.6 is 15.9 Å². The normalized spacial score (nSPS) is 22.0. The Morgan fingerprint density at radius 3 is 2.89 bits per heavy atom. The van der Waals surface area contributed by atoms with Crippen molar-refractivity contribution >= 4 is 21.8 Å². The van der Waals surface area contributed by atoms with Crippen molar-refractivity contribution in [2.75, 3.05) is 0 Å². The zero-order valence-electron chi connectivity index (χ0n) is 11.3. The molecule has 1 aromatic rings. The fraction of sp³-hybridized carbons (Fsp3) is 0.533. The molecule has 1 saturated carbocycles. The summed E-state index contributed by atoms with van der Waals surface area (Å²) in [7, 11) is 0. The van der Waals surface area contributed by atoms with Crippen molar-refractivity contribution in [3.05, 3.63) is 34.1 Å². The van der Waals surface area contributed by atoms with Gasteiger partial charge in [0.05, 0.1) is 10.0 Å². The van der Waals surface area contributed by atoms with Gasteiger partial charge in [-0.15, -0.1) is 0 Å². The number of hydrogen-bond acceptors (Lipinski definition) is 1. The Bertz CT molecular complexity index is 487. The Balaban J connectivity index is 2.07. The second-order valence-corrected chi connectivity index (χ2v) is 6.89. The van der Waals surface area contributed by atoms with Crippen molar-refractivity contribution in [3.63, 3.8) is 0 Å². The average Bonchev–Trinajstić information content (AvgIpc) is 2.31. The molecule has 1 N–H and O–H groups in total. The molecule has 104 valence electrons. The van der Waals surface area contributed by atoms with Gasteiger partial charge in [-0.25, -0.2) is 4.39 Å². The van der Waals surface area contributed by atoms with Crippen LogP contribution in [0.25, 0.3) is 0 Å². The Hall–Kier alpha value is -0.900. The van der Waals surface area contributed by atoms with E-state index in [4.69, 9.17) is 0 Å². The first kappa shape index (κ1) is 14.5. The molecule has 4 heteroatoms. The Morgan fingerprint density at radius 2 is 2.21 bits per heavy atom. The Kier molecular flexibility index (Phi) is 4.29. The van der Waals surface area contributed by atoms with Crippen LogP contribution in [0.15, 0.2) is 22.7 Å². The largest absolute Gasteiger partial charge is 0.349 e. The first-order chi connectivity index (χ1) is 8.89. The third kappa shape index (κ3) is 3.56. The topological polar surface area (TPSA) is 29.1 Å². The highest BCUT2D eigenvalue weighted by atomic mass is 79.9. The molecule has 0 aromatic heterocycles. The Labute approximate surface area is 121 Å².